The summed E-state index contributed by atoms with van der Waals surface area (Å²) in [6.07, 6.45) is 1.39. The molecule has 3 nitrogen and oxygen atoms in total. The van der Waals surface area contributed by atoms with Gasteiger partial charge in [-0.15, -0.1) is 0 Å². The Bertz CT molecular complexity index is 550. The van der Waals surface area contributed by atoms with E-state index in [-0.39, 0.29) is 17.2 Å². The van der Waals surface area contributed by atoms with Crippen molar-refractivity contribution in [3.05, 3.63) is 57.4 Å². The van der Waals surface area contributed by atoms with Crippen LogP contribution in [0.15, 0.2) is 45.5 Å². The Morgan fingerprint density at radius 1 is 1.33 bits per heavy atom. The SMILES string of the molecule is C[C@@H](NC(=O)c1ccoc1Cl)c1ccc(Br)cc1. The number of nitrogens with one attached hydrogen (secondary N) is 1. The Kier molecular flexibility index (Phi) is 4.09. The highest BCUT2D eigenvalue weighted by Gasteiger charge is 2.15. The van der Waals surface area contributed by atoms with Gasteiger partial charge in [0.05, 0.1) is 17.9 Å². The first kappa shape index (κ1) is 13.2. The van der Waals surface area contributed by atoms with E-state index in [1.54, 1.807) is 6.07 Å². The van der Waals surface area contributed by atoms with E-state index in [0.29, 0.717) is 5.56 Å². The molecule has 0 aliphatic rings. The van der Waals surface area contributed by atoms with E-state index in [1.807, 2.05) is 31.2 Å². The molecule has 1 atom stereocenters. The van der Waals surface area contributed by atoms with Crippen LogP contribution in [0.5, 0.6) is 0 Å². The van der Waals surface area contributed by atoms with Crippen LogP contribution in [-0.4, -0.2) is 5.91 Å². The molecule has 1 N–H and O–H groups in total. The zero-order valence-electron chi connectivity index (χ0n) is 9.61. The Labute approximate surface area is 118 Å². The average Bonchev–Trinajstić information content (AvgIpc) is 2.76. The summed E-state index contributed by atoms with van der Waals surface area (Å²) in [5.41, 5.74) is 1.37. The molecular weight excluding hydrogens is 318 g/mol. The molecule has 1 aromatic heterocycles. The fourth-order valence-electron chi connectivity index (χ4n) is 1.56. The molecule has 2 rings (SSSR count). The van der Waals surface area contributed by atoms with Crippen molar-refractivity contribution in [3.63, 3.8) is 0 Å². The Balaban J connectivity index is 2.08. The summed E-state index contributed by atoms with van der Waals surface area (Å²) in [5.74, 6) is -0.246. The Morgan fingerprint density at radius 3 is 2.56 bits per heavy atom. The normalized spacial score (nSPS) is 12.2. The largest absolute Gasteiger partial charge is 0.452 e. The van der Waals surface area contributed by atoms with Gasteiger partial charge in [0.15, 0.2) is 0 Å². The van der Waals surface area contributed by atoms with Crippen LogP contribution in [0.2, 0.25) is 5.22 Å². The van der Waals surface area contributed by atoms with Crippen molar-refractivity contribution in [2.75, 3.05) is 0 Å². The Hall–Kier alpha value is -1.26. The van der Waals surface area contributed by atoms with E-state index in [0.717, 1.165) is 10.0 Å². The first-order valence-corrected chi connectivity index (χ1v) is 6.54. The zero-order chi connectivity index (χ0) is 13.1. The number of rotatable bonds is 3. The maximum Gasteiger partial charge on any atom is 0.256 e. The molecule has 1 aromatic carbocycles. The van der Waals surface area contributed by atoms with Gasteiger partial charge in [-0.05, 0) is 42.3 Å². The summed E-state index contributed by atoms with van der Waals surface area (Å²) in [6, 6.07) is 9.21. The number of hydrogen-bond donors (Lipinski definition) is 1. The monoisotopic (exact) mass is 327 g/mol. The number of halogens is 2. The molecule has 0 aliphatic heterocycles. The van der Waals surface area contributed by atoms with Crippen LogP contribution in [0.4, 0.5) is 0 Å². The standard InChI is InChI=1S/C13H11BrClNO2/c1-8(9-2-4-10(14)5-3-9)16-13(17)11-6-7-18-12(11)15/h2-8H,1H3,(H,16,17)/t8-/m1/s1. The molecule has 0 bridgehead atoms. The van der Waals surface area contributed by atoms with E-state index in [2.05, 4.69) is 21.2 Å². The third-order valence-electron chi connectivity index (χ3n) is 2.58. The zero-order valence-corrected chi connectivity index (χ0v) is 12.0. The van der Waals surface area contributed by atoms with Gasteiger partial charge in [0, 0.05) is 4.47 Å². The molecule has 0 saturated heterocycles. The van der Waals surface area contributed by atoms with Crippen molar-refractivity contribution in [1.82, 2.24) is 5.32 Å². The van der Waals surface area contributed by atoms with Crippen LogP contribution in [0.1, 0.15) is 28.9 Å². The highest BCUT2D eigenvalue weighted by atomic mass is 79.9. The molecule has 0 radical (unpaired) electrons. The van der Waals surface area contributed by atoms with E-state index in [4.69, 9.17) is 16.0 Å². The van der Waals surface area contributed by atoms with Crippen LogP contribution < -0.4 is 5.32 Å². The fourth-order valence-corrected chi connectivity index (χ4v) is 2.03. The van der Waals surface area contributed by atoms with Crippen molar-refractivity contribution in [2.45, 2.75) is 13.0 Å². The van der Waals surface area contributed by atoms with Crippen LogP contribution in [0.3, 0.4) is 0 Å². The molecule has 0 unspecified atom stereocenters. The summed E-state index contributed by atoms with van der Waals surface area (Å²) in [6.45, 7) is 1.91. The van der Waals surface area contributed by atoms with Gasteiger partial charge >= 0.3 is 0 Å². The van der Waals surface area contributed by atoms with Crippen molar-refractivity contribution in [1.29, 1.82) is 0 Å². The van der Waals surface area contributed by atoms with Gasteiger partial charge in [-0.2, -0.15) is 0 Å². The van der Waals surface area contributed by atoms with Crippen molar-refractivity contribution < 1.29 is 9.21 Å². The number of amides is 1. The van der Waals surface area contributed by atoms with Gasteiger partial charge in [-0.1, -0.05) is 28.1 Å². The molecule has 2 aromatic rings. The second kappa shape index (κ2) is 5.59. The first-order valence-electron chi connectivity index (χ1n) is 5.37. The van der Waals surface area contributed by atoms with Gasteiger partial charge in [-0.25, -0.2) is 0 Å². The molecule has 18 heavy (non-hydrogen) atoms. The average molecular weight is 329 g/mol. The third kappa shape index (κ3) is 2.94. The lowest BCUT2D eigenvalue weighted by Gasteiger charge is -2.13. The molecule has 1 heterocycles. The van der Waals surface area contributed by atoms with Crippen molar-refractivity contribution in [2.24, 2.45) is 0 Å². The van der Waals surface area contributed by atoms with Crippen LogP contribution in [0.25, 0.3) is 0 Å². The van der Waals surface area contributed by atoms with E-state index < -0.39 is 0 Å². The maximum absolute atomic E-state index is 11.9. The first-order chi connectivity index (χ1) is 8.58. The molecule has 1 amide bonds. The quantitative estimate of drug-likeness (QED) is 0.918. The van der Waals surface area contributed by atoms with Gasteiger partial charge in [-0.3, -0.25) is 4.79 Å². The van der Waals surface area contributed by atoms with Gasteiger partial charge < -0.3 is 9.73 Å². The topological polar surface area (TPSA) is 42.2 Å². The minimum atomic E-state index is -0.246. The molecular formula is C13H11BrClNO2. The summed E-state index contributed by atoms with van der Waals surface area (Å²) < 4.78 is 5.89. The number of furan rings is 1. The number of benzene rings is 1. The molecule has 0 saturated carbocycles. The van der Waals surface area contributed by atoms with Crippen LogP contribution >= 0.6 is 27.5 Å². The summed E-state index contributed by atoms with van der Waals surface area (Å²) >= 11 is 9.12. The molecule has 0 spiro atoms. The van der Waals surface area contributed by atoms with Crippen molar-refractivity contribution >= 4 is 33.4 Å². The van der Waals surface area contributed by atoms with Gasteiger partial charge in [0.2, 0.25) is 5.22 Å². The van der Waals surface area contributed by atoms with Crippen LogP contribution in [-0.2, 0) is 0 Å². The lowest BCUT2D eigenvalue weighted by atomic mass is 10.1. The molecule has 0 fully saturated rings. The molecule has 0 aliphatic carbocycles. The van der Waals surface area contributed by atoms with Gasteiger partial charge in [0.25, 0.3) is 5.91 Å². The number of hydrogen-bond acceptors (Lipinski definition) is 2. The highest BCUT2D eigenvalue weighted by molar-refractivity contribution is 9.10. The highest BCUT2D eigenvalue weighted by Crippen LogP contribution is 2.20. The lowest BCUT2D eigenvalue weighted by Crippen LogP contribution is -2.26. The predicted molar refractivity (Wildman–Crippen MR) is 73.7 cm³/mol. The second-order valence-corrected chi connectivity index (χ2v) is 5.11. The molecule has 5 heteroatoms. The third-order valence-corrected chi connectivity index (χ3v) is 3.40. The molecule has 94 valence electrons. The summed E-state index contributed by atoms with van der Waals surface area (Å²) in [5, 5.41) is 2.97. The van der Waals surface area contributed by atoms with Crippen molar-refractivity contribution in [3.8, 4) is 0 Å². The number of carbonyl (C=O) groups excluding carboxylic acids is 1. The van der Waals surface area contributed by atoms with E-state index >= 15 is 0 Å². The Morgan fingerprint density at radius 2 is 2.00 bits per heavy atom. The smallest absolute Gasteiger partial charge is 0.256 e. The van der Waals surface area contributed by atoms with Crippen LogP contribution in [0, 0.1) is 0 Å². The predicted octanol–water partition coefficient (Wildman–Crippen LogP) is 4.19. The van der Waals surface area contributed by atoms with Gasteiger partial charge in [0.1, 0.15) is 0 Å². The summed E-state index contributed by atoms with van der Waals surface area (Å²) in [4.78, 5) is 11.9. The van der Waals surface area contributed by atoms with E-state index in [9.17, 15) is 4.79 Å². The minimum Gasteiger partial charge on any atom is -0.452 e. The number of carbonyl (C=O) groups is 1. The minimum absolute atomic E-state index is 0.100. The second-order valence-electron chi connectivity index (χ2n) is 3.85. The van der Waals surface area contributed by atoms with E-state index in [1.165, 1.54) is 6.26 Å². The summed E-state index contributed by atoms with van der Waals surface area (Å²) in [7, 11) is 0. The fraction of sp³-hybridized carbons (Fsp3) is 0.154. The maximum atomic E-state index is 11.9. The lowest BCUT2D eigenvalue weighted by molar-refractivity contribution is 0.0939.